The van der Waals surface area contributed by atoms with Crippen LogP contribution in [-0.2, 0) is 5.75 Å². The Hall–Kier alpha value is -1.69. The van der Waals surface area contributed by atoms with Gasteiger partial charge in [-0.15, -0.1) is 0 Å². The van der Waals surface area contributed by atoms with E-state index in [9.17, 15) is 4.79 Å². The molecule has 2 aromatic rings. The summed E-state index contributed by atoms with van der Waals surface area (Å²) in [4.78, 5) is 21.1. The van der Waals surface area contributed by atoms with E-state index in [4.69, 9.17) is 0 Å². The molecule has 0 aliphatic heterocycles. The van der Waals surface area contributed by atoms with Gasteiger partial charge in [0, 0.05) is 29.8 Å². The second kappa shape index (κ2) is 6.30. The predicted molar refractivity (Wildman–Crippen MR) is 75.0 cm³/mol. The van der Waals surface area contributed by atoms with Gasteiger partial charge < -0.3 is 15.3 Å². The minimum Gasteiger partial charge on any atom is -0.371 e. The van der Waals surface area contributed by atoms with Crippen molar-refractivity contribution in [2.75, 3.05) is 17.6 Å². The number of nitrogens with zero attached hydrogens (tertiary/aromatic N) is 1. The zero-order chi connectivity index (χ0) is 12.8. The van der Waals surface area contributed by atoms with Crippen molar-refractivity contribution in [2.24, 2.45) is 0 Å². The zero-order valence-electron chi connectivity index (χ0n) is 10.2. The SMILES string of the molecule is Cc1nc[nH]c1CSCCNc1cccc(=O)[nH]1. The third-order valence-electron chi connectivity index (χ3n) is 2.51. The van der Waals surface area contributed by atoms with Crippen molar-refractivity contribution in [1.82, 2.24) is 15.0 Å². The van der Waals surface area contributed by atoms with E-state index >= 15 is 0 Å². The van der Waals surface area contributed by atoms with Crippen molar-refractivity contribution in [2.45, 2.75) is 12.7 Å². The van der Waals surface area contributed by atoms with Crippen molar-refractivity contribution < 1.29 is 0 Å². The van der Waals surface area contributed by atoms with Gasteiger partial charge >= 0.3 is 0 Å². The highest BCUT2D eigenvalue weighted by atomic mass is 32.2. The predicted octanol–water partition coefficient (Wildman–Crippen LogP) is 1.75. The zero-order valence-corrected chi connectivity index (χ0v) is 11.0. The van der Waals surface area contributed by atoms with E-state index in [1.807, 2.05) is 24.8 Å². The molecule has 0 bridgehead atoms. The molecule has 0 aliphatic carbocycles. The van der Waals surface area contributed by atoms with Gasteiger partial charge in [0.25, 0.3) is 0 Å². The van der Waals surface area contributed by atoms with Gasteiger partial charge in [-0.1, -0.05) is 6.07 Å². The average molecular weight is 264 g/mol. The third-order valence-corrected chi connectivity index (χ3v) is 3.50. The summed E-state index contributed by atoms with van der Waals surface area (Å²) in [7, 11) is 0. The number of H-pyrrole nitrogens is 2. The molecule has 3 N–H and O–H groups in total. The van der Waals surface area contributed by atoms with E-state index < -0.39 is 0 Å². The average Bonchev–Trinajstić information content (AvgIpc) is 2.75. The van der Waals surface area contributed by atoms with Crippen LogP contribution in [-0.4, -0.2) is 27.2 Å². The minimum absolute atomic E-state index is 0.0827. The minimum atomic E-state index is -0.0827. The monoisotopic (exact) mass is 264 g/mol. The van der Waals surface area contributed by atoms with Crippen LogP contribution in [0.25, 0.3) is 0 Å². The molecule has 0 radical (unpaired) electrons. The highest BCUT2D eigenvalue weighted by molar-refractivity contribution is 7.98. The van der Waals surface area contributed by atoms with Crippen LogP contribution >= 0.6 is 11.8 Å². The summed E-state index contributed by atoms with van der Waals surface area (Å²) in [5.41, 5.74) is 2.15. The Bertz CT molecular complexity index is 549. The Kier molecular flexibility index (Phi) is 4.46. The molecule has 0 aromatic carbocycles. The van der Waals surface area contributed by atoms with Crippen LogP contribution in [0.5, 0.6) is 0 Å². The number of aromatic nitrogens is 3. The summed E-state index contributed by atoms with van der Waals surface area (Å²) < 4.78 is 0. The van der Waals surface area contributed by atoms with Crippen molar-refractivity contribution >= 4 is 17.6 Å². The Morgan fingerprint density at radius 1 is 1.44 bits per heavy atom. The van der Waals surface area contributed by atoms with Gasteiger partial charge in [-0.25, -0.2) is 4.98 Å². The molecule has 2 rings (SSSR count). The largest absolute Gasteiger partial charge is 0.371 e. The molecular formula is C12H16N4OS. The van der Waals surface area contributed by atoms with Crippen molar-refractivity contribution in [3.63, 3.8) is 0 Å². The normalized spacial score (nSPS) is 10.5. The molecule has 0 saturated heterocycles. The Balaban J connectivity index is 1.68. The van der Waals surface area contributed by atoms with Crippen LogP contribution in [0.1, 0.15) is 11.4 Å². The number of thioether (sulfide) groups is 1. The first-order chi connectivity index (χ1) is 8.75. The first-order valence-corrected chi connectivity index (χ1v) is 6.91. The molecule has 0 spiro atoms. The van der Waals surface area contributed by atoms with Gasteiger partial charge in [-0.3, -0.25) is 4.79 Å². The fraction of sp³-hybridized carbons (Fsp3) is 0.333. The quantitative estimate of drug-likeness (QED) is 0.695. The van der Waals surface area contributed by atoms with E-state index in [1.54, 1.807) is 12.4 Å². The molecule has 2 heterocycles. The summed E-state index contributed by atoms with van der Waals surface area (Å²) in [5.74, 6) is 2.66. The van der Waals surface area contributed by atoms with Gasteiger partial charge in [0.15, 0.2) is 0 Å². The van der Waals surface area contributed by atoms with E-state index in [0.29, 0.717) is 0 Å². The molecule has 18 heavy (non-hydrogen) atoms. The molecule has 0 saturated carbocycles. The Morgan fingerprint density at radius 2 is 2.33 bits per heavy atom. The molecular weight excluding hydrogens is 248 g/mol. The standard InChI is InChI=1S/C12H16N4OS/c1-9-10(15-8-14-9)7-18-6-5-13-11-3-2-4-12(17)16-11/h2-4,8H,5-7H2,1H3,(H,14,15)(H2,13,16,17). The number of hydrogen-bond donors (Lipinski definition) is 3. The number of imidazole rings is 1. The van der Waals surface area contributed by atoms with Crippen LogP contribution in [0, 0.1) is 6.92 Å². The molecule has 0 amide bonds. The number of anilines is 1. The maximum atomic E-state index is 11.1. The fourth-order valence-corrected chi connectivity index (χ4v) is 2.41. The van der Waals surface area contributed by atoms with Crippen LogP contribution < -0.4 is 10.9 Å². The first-order valence-electron chi connectivity index (χ1n) is 5.75. The lowest BCUT2D eigenvalue weighted by atomic mass is 10.4. The molecule has 2 aromatic heterocycles. The van der Waals surface area contributed by atoms with E-state index in [1.165, 1.54) is 11.8 Å². The molecule has 0 fully saturated rings. The summed E-state index contributed by atoms with van der Waals surface area (Å²) in [6.45, 7) is 2.82. The van der Waals surface area contributed by atoms with Gasteiger partial charge in [-0.05, 0) is 13.0 Å². The second-order valence-corrected chi connectivity index (χ2v) is 4.98. The molecule has 5 nitrogen and oxygen atoms in total. The van der Waals surface area contributed by atoms with Gasteiger partial charge in [0.1, 0.15) is 5.82 Å². The van der Waals surface area contributed by atoms with Crippen LogP contribution in [0.3, 0.4) is 0 Å². The van der Waals surface area contributed by atoms with Crippen LogP contribution in [0.2, 0.25) is 0 Å². The number of nitrogens with one attached hydrogen (secondary N) is 3. The van der Waals surface area contributed by atoms with E-state index in [2.05, 4.69) is 20.3 Å². The molecule has 96 valence electrons. The van der Waals surface area contributed by atoms with E-state index in [-0.39, 0.29) is 5.56 Å². The number of aromatic amines is 2. The lowest BCUT2D eigenvalue weighted by Crippen LogP contribution is -2.11. The van der Waals surface area contributed by atoms with E-state index in [0.717, 1.165) is 29.6 Å². The molecule has 0 aliphatic rings. The summed E-state index contributed by atoms with van der Waals surface area (Å²) in [5, 5.41) is 3.18. The number of pyridine rings is 1. The van der Waals surface area contributed by atoms with Crippen molar-refractivity contribution in [1.29, 1.82) is 0 Å². The summed E-state index contributed by atoms with van der Waals surface area (Å²) in [6, 6.07) is 5.09. The second-order valence-electron chi connectivity index (χ2n) is 3.87. The number of hydrogen-bond acceptors (Lipinski definition) is 4. The highest BCUT2D eigenvalue weighted by Crippen LogP contribution is 2.12. The fourth-order valence-electron chi connectivity index (χ4n) is 1.52. The van der Waals surface area contributed by atoms with Gasteiger partial charge in [-0.2, -0.15) is 11.8 Å². The highest BCUT2D eigenvalue weighted by Gasteiger charge is 2.00. The van der Waals surface area contributed by atoms with Gasteiger partial charge in [0.2, 0.25) is 5.56 Å². The van der Waals surface area contributed by atoms with Crippen molar-refractivity contribution in [3.8, 4) is 0 Å². The first kappa shape index (κ1) is 12.8. The van der Waals surface area contributed by atoms with Gasteiger partial charge in [0.05, 0.1) is 12.0 Å². The smallest absolute Gasteiger partial charge is 0.249 e. The maximum absolute atomic E-state index is 11.1. The van der Waals surface area contributed by atoms with Crippen LogP contribution in [0.4, 0.5) is 5.82 Å². The number of aryl methyl sites for hydroxylation is 1. The maximum Gasteiger partial charge on any atom is 0.249 e. The van der Waals surface area contributed by atoms with Crippen molar-refractivity contribution in [3.05, 3.63) is 46.3 Å². The third kappa shape index (κ3) is 3.66. The molecule has 0 unspecified atom stereocenters. The topological polar surface area (TPSA) is 73.6 Å². The molecule has 6 heteroatoms. The lowest BCUT2D eigenvalue weighted by molar-refractivity contribution is 1.14. The summed E-state index contributed by atoms with van der Waals surface area (Å²) in [6.07, 6.45) is 1.72. The van der Waals surface area contributed by atoms with Crippen LogP contribution in [0.15, 0.2) is 29.3 Å². The molecule has 0 atom stereocenters. The number of rotatable bonds is 6. The Labute approximate surface area is 109 Å². The Morgan fingerprint density at radius 3 is 3.06 bits per heavy atom. The lowest BCUT2D eigenvalue weighted by Gasteiger charge is -2.05. The summed E-state index contributed by atoms with van der Waals surface area (Å²) >= 11 is 1.82.